The van der Waals surface area contributed by atoms with Crippen LogP contribution in [0.2, 0.25) is 0 Å². The number of fused-ring (bicyclic) bond motifs is 1. The third kappa shape index (κ3) is 3.51. The van der Waals surface area contributed by atoms with Crippen LogP contribution < -0.4 is 10.1 Å². The maximum Gasteiger partial charge on any atom is 0.269 e. The zero-order chi connectivity index (χ0) is 18.7. The number of rotatable bonds is 6. The van der Waals surface area contributed by atoms with Gasteiger partial charge in [-0.3, -0.25) is 14.9 Å². The van der Waals surface area contributed by atoms with Gasteiger partial charge in [0.15, 0.2) is 0 Å². The molecule has 26 heavy (non-hydrogen) atoms. The van der Waals surface area contributed by atoms with Crippen molar-refractivity contribution in [1.82, 2.24) is 9.88 Å². The Morgan fingerprint density at radius 2 is 1.96 bits per heavy atom. The highest BCUT2D eigenvalue weighted by Gasteiger charge is 2.12. The number of hydrogen-bond acceptors (Lipinski definition) is 4. The number of nitro benzene ring substituents is 1. The number of aromatic nitrogens is 1. The first kappa shape index (κ1) is 17.5. The summed E-state index contributed by atoms with van der Waals surface area (Å²) in [4.78, 5) is 21.6. The fraction of sp³-hybridized carbons (Fsp3) is 0.211. The number of methoxy groups -OCH3 is 1. The fourth-order valence-corrected chi connectivity index (χ4v) is 2.93. The molecule has 0 saturated heterocycles. The third-order valence-electron chi connectivity index (χ3n) is 4.20. The highest BCUT2D eigenvalue weighted by Crippen LogP contribution is 2.29. The van der Waals surface area contributed by atoms with E-state index in [-0.39, 0.29) is 11.6 Å². The van der Waals surface area contributed by atoms with E-state index in [1.165, 1.54) is 19.1 Å². The molecule has 0 unspecified atom stereocenters. The molecule has 1 N–H and O–H groups in total. The van der Waals surface area contributed by atoms with Crippen molar-refractivity contribution in [2.45, 2.75) is 13.3 Å². The first-order valence-electron chi connectivity index (χ1n) is 8.17. The van der Waals surface area contributed by atoms with Gasteiger partial charge in [-0.15, -0.1) is 0 Å². The van der Waals surface area contributed by atoms with Crippen LogP contribution in [-0.4, -0.2) is 29.1 Å². The van der Waals surface area contributed by atoms with Crippen molar-refractivity contribution in [3.8, 4) is 11.4 Å². The zero-order valence-corrected chi connectivity index (χ0v) is 14.6. The van der Waals surface area contributed by atoms with Crippen LogP contribution in [0.1, 0.15) is 12.5 Å². The van der Waals surface area contributed by atoms with Crippen LogP contribution >= 0.6 is 0 Å². The Labute approximate surface area is 150 Å². The average Bonchev–Trinajstić information content (AvgIpc) is 2.99. The molecule has 0 spiro atoms. The number of ether oxygens (including phenoxy) is 1. The normalized spacial score (nSPS) is 10.7. The van der Waals surface area contributed by atoms with E-state index < -0.39 is 4.92 Å². The van der Waals surface area contributed by atoms with Crippen LogP contribution in [0.15, 0.2) is 48.7 Å². The lowest BCUT2D eigenvalue weighted by molar-refractivity contribution is -0.384. The Kier molecular flexibility index (Phi) is 4.88. The van der Waals surface area contributed by atoms with Gasteiger partial charge in [-0.1, -0.05) is 0 Å². The smallest absolute Gasteiger partial charge is 0.269 e. The second kappa shape index (κ2) is 7.26. The summed E-state index contributed by atoms with van der Waals surface area (Å²) in [5.74, 6) is 0.682. The SMILES string of the molecule is COc1ccc2c(c1)c(CCNC(C)=O)cn2-c1ccc([N+](=O)[O-])cc1. The Balaban J connectivity index is 2.04. The van der Waals surface area contributed by atoms with Crippen molar-refractivity contribution in [1.29, 1.82) is 0 Å². The van der Waals surface area contributed by atoms with Gasteiger partial charge in [0.05, 0.1) is 17.5 Å². The molecule has 7 heteroatoms. The van der Waals surface area contributed by atoms with Gasteiger partial charge < -0.3 is 14.6 Å². The zero-order valence-electron chi connectivity index (χ0n) is 14.6. The third-order valence-corrected chi connectivity index (χ3v) is 4.20. The van der Waals surface area contributed by atoms with E-state index in [0.29, 0.717) is 13.0 Å². The maximum atomic E-state index is 11.1. The van der Waals surface area contributed by atoms with Crippen molar-refractivity contribution in [2.24, 2.45) is 0 Å². The second-order valence-corrected chi connectivity index (χ2v) is 5.91. The summed E-state index contributed by atoms with van der Waals surface area (Å²) >= 11 is 0. The standard InChI is InChI=1S/C19H19N3O4/c1-13(23)20-10-9-14-12-21(15-3-5-16(6-4-15)22(24)25)19-8-7-17(26-2)11-18(14)19/h3-8,11-12H,9-10H2,1-2H3,(H,20,23). The first-order valence-corrected chi connectivity index (χ1v) is 8.17. The van der Waals surface area contributed by atoms with Crippen molar-refractivity contribution in [3.05, 3.63) is 64.3 Å². The molecular formula is C19H19N3O4. The van der Waals surface area contributed by atoms with E-state index in [1.807, 2.05) is 29.0 Å². The van der Waals surface area contributed by atoms with Gasteiger partial charge in [0.25, 0.3) is 5.69 Å². The summed E-state index contributed by atoms with van der Waals surface area (Å²) < 4.78 is 7.31. The minimum atomic E-state index is -0.415. The summed E-state index contributed by atoms with van der Waals surface area (Å²) in [6.45, 7) is 2.02. The second-order valence-electron chi connectivity index (χ2n) is 5.91. The highest BCUT2D eigenvalue weighted by atomic mass is 16.6. The molecule has 0 aliphatic heterocycles. The van der Waals surface area contributed by atoms with Crippen molar-refractivity contribution in [2.75, 3.05) is 13.7 Å². The van der Waals surface area contributed by atoms with Gasteiger partial charge in [0, 0.05) is 42.9 Å². The Morgan fingerprint density at radius 1 is 1.23 bits per heavy atom. The van der Waals surface area contributed by atoms with Crippen LogP contribution in [0.25, 0.3) is 16.6 Å². The summed E-state index contributed by atoms with van der Waals surface area (Å²) in [5, 5.41) is 14.7. The molecule has 0 saturated carbocycles. The number of nitrogens with one attached hydrogen (secondary N) is 1. The molecular weight excluding hydrogens is 334 g/mol. The molecule has 0 atom stereocenters. The van der Waals surface area contributed by atoms with Crippen LogP contribution in [0, 0.1) is 10.1 Å². The van der Waals surface area contributed by atoms with Crippen molar-refractivity contribution in [3.63, 3.8) is 0 Å². The minimum Gasteiger partial charge on any atom is -0.497 e. The molecule has 0 bridgehead atoms. The summed E-state index contributed by atoms with van der Waals surface area (Å²) in [6, 6.07) is 12.2. The largest absolute Gasteiger partial charge is 0.497 e. The molecule has 134 valence electrons. The van der Waals surface area contributed by atoms with Crippen LogP contribution in [0.4, 0.5) is 5.69 Å². The molecule has 1 aromatic heterocycles. The van der Waals surface area contributed by atoms with Gasteiger partial charge in [0.2, 0.25) is 5.91 Å². The van der Waals surface area contributed by atoms with Gasteiger partial charge in [0.1, 0.15) is 5.75 Å². The molecule has 1 heterocycles. The summed E-state index contributed by atoms with van der Waals surface area (Å²) in [7, 11) is 1.62. The molecule has 3 rings (SSSR count). The highest BCUT2D eigenvalue weighted by molar-refractivity contribution is 5.87. The Hall–Kier alpha value is -3.35. The van der Waals surface area contributed by atoms with E-state index in [2.05, 4.69) is 5.32 Å². The Bertz CT molecular complexity index is 961. The topological polar surface area (TPSA) is 86.4 Å². The van der Waals surface area contributed by atoms with Crippen LogP contribution in [-0.2, 0) is 11.2 Å². The molecule has 1 amide bonds. The van der Waals surface area contributed by atoms with Gasteiger partial charge >= 0.3 is 0 Å². The average molecular weight is 353 g/mol. The van der Waals surface area contributed by atoms with Gasteiger partial charge in [-0.2, -0.15) is 0 Å². The lowest BCUT2D eigenvalue weighted by atomic mass is 10.1. The quantitative estimate of drug-likeness (QED) is 0.544. The van der Waals surface area contributed by atoms with E-state index in [4.69, 9.17) is 4.74 Å². The van der Waals surface area contributed by atoms with Crippen molar-refractivity contribution >= 4 is 22.5 Å². The van der Waals surface area contributed by atoms with E-state index >= 15 is 0 Å². The molecule has 0 aliphatic rings. The fourth-order valence-electron chi connectivity index (χ4n) is 2.93. The molecule has 7 nitrogen and oxygen atoms in total. The summed E-state index contributed by atoms with van der Waals surface area (Å²) in [6.07, 6.45) is 2.66. The molecule has 0 radical (unpaired) electrons. The Morgan fingerprint density at radius 3 is 2.58 bits per heavy atom. The number of carbonyl (C=O) groups excluding carboxylic acids is 1. The molecule has 3 aromatic rings. The minimum absolute atomic E-state index is 0.0535. The number of non-ortho nitro benzene ring substituents is 1. The number of amides is 1. The molecule has 0 fully saturated rings. The van der Waals surface area contributed by atoms with Gasteiger partial charge in [-0.25, -0.2) is 0 Å². The number of nitro groups is 1. The van der Waals surface area contributed by atoms with E-state index in [1.54, 1.807) is 19.2 Å². The van der Waals surface area contributed by atoms with E-state index in [9.17, 15) is 14.9 Å². The maximum absolute atomic E-state index is 11.1. The number of benzene rings is 2. The van der Waals surface area contributed by atoms with Crippen LogP contribution in [0.5, 0.6) is 5.75 Å². The number of carbonyl (C=O) groups is 1. The first-order chi connectivity index (χ1) is 12.5. The summed E-state index contributed by atoms with van der Waals surface area (Å²) in [5.41, 5.74) is 2.91. The number of nitrogens with zero attached hydrogens (tertiary/aromatic N) is 2. The lowest BCUT2D eigenvalue weighted by Gasteiger charge is -2.06. The monoisotopic (exact) mass is 353 g/mol. The van der Waals surface area contributed by atoms with Gasteiger partial charge in [-0.05, 0) is 42.3 Å². The van der Waals surface area contributed by atoms with Crippen molar-refractivity contribution < 1.29 is 14.5 Å². The lowest BCUT2D eigenvalue weighted by Crippen LogP contribution is -2.22. The molecule has 0 aliphatic carbocycles. The molecule has 2 aromatic carbocycles. The number of hydrogen-bond donors (Lipinski definition) is 1. The van der Waals surface area contributed by atoms with E-state index in [0.717, 1.165) is 27.9 Å². The predicted molar refractivity (Wildman–Crippen MR) is 98.9 cm³/mol. The predicted octanol–water partition coefficient (Wildman–Crippen LogP) is 3.23. The van der Waals surface area contributed by atoms with Crippen LogP contribution in [0.3, 0.4) is 0 Å².